The van der Waals surface area contributed by atoms with E-state index in [1.165, 1.54) is 0 Å². The lowest BCUT2D eigenvalue weighted by molar-refractivity contribution is 0.0663. The summed E-state index contributed by atoms with van der Waals surface area (Å²) in [5.74, 6) is -0.721. The minimum atomic E-state index is -1.05. The molecule has 1 atom stereocenters. The molecule has 0 spiro atoms. The van der Waals surface area contributed by atoms with Gasteiger partial charge in [-0.05, 0) is 24.9 Å². The first-order chi connectivity index (χ1) is 9.63. The van der Waals surface area contributed by atoms with Crippen molar-refractivity contribution in [3.05, 3.63) is 35.6 Å². The van der Waals surface area contributed by atoms with E-state index in [0.29, 0.717) is 23.6 Å². The maximum absolute atomic E-state index is 11.2. The second-order valence-electron chi connectivity index (χ2n) is 4.96. The number of carboxylic acids is 1. The minimum Gasteiger partial charge on any atom is -0.475 e. The van der Waals surface area contributed by atoms with Crippen LogP contribution in [0.3, 0.4) is 0 Å². The van der Waals surface area contributed by atoms with E-state index in [2.05, 4.69) is 5.32 Å². The molecule has 1 heterocycles. The number of rotatable bonds is 7. The summed E-state index contributed by atoms with van der Waals surface area (Å²) in [5, 5.41) is 22.1. The van der Waals surface area contributed by atoms with Crippen LogP contribution in [0.25, 0.3) is 11.0 Å². The lowest BCUT2D eigenvalue weighted by Gasteiger charge is -2.10. The van der Waals surface area contributed by atoms with Gasteiger partial charge in [-0.3, -0.25) is 0 Å². The first-order valence-electron chi connectivity index (χ1n) is 6.68. The number of benzene rings is 1. The number of para-hydroxylation sites is 1. The molecule has 108 valence electrons. The topological polar surface area (TPSA) is 82.7 Å². The summed E-state index contributed by atoms with van der Waals surface area (Å²) in [6.45, 7) is 3.36. The molecule has 0 aliphatic rings. The van der Waals surface area contributed by atoms with Gasteiger partial charge in [-0.1, -0.05) is 25.1 Å². The second-order valence-corrected chi connectivity index (χ2v) is 4.96. The van der Waals surface area contributed by atoms with Crippen LogP contribution in [0.4, 0.5) is 0 Å². The van der Waals surface area contributed by atoms with Crippen LogP contribution in [-0.2, 0) is 6.54 Å². The standard InChI is InChI=1S/C15H19NO4/c1-10(6-7-17)8-16-9-12-11-4-2-3-5-13(11)20-14(12)15(18)19/h2-5,10,16-17H,6-9H2,1H3,(H,18,19). The average molecular weight is 277 g/mol. The van der Waals surface area contributed by atoms with Gasteiger partial charge in [0.05, 0.1) is 0 Å². The molecule has 0 amide bonds. The molecule has 1 aromatic heterocycles. The number of hydrogen-bond donors (Lipinski definition) is 3. The van der Waals surface area contributed by atoms with Crippen molar-refractivity contribution in [1.82, 2.24) is 5.32 Å². The average Bonchev–Trinajstić information content (AvgIpc) is 2.78. The number of aliphatic hydroxyl groups excluding tert-OH is 1. The maximum atomic E-state index is 11.2. The van der Waals surface area contributed by atoms with E-state index < -0.39 is 5.97 Å². The Kier molecular flexibility index (Phi) is 4.76. The van der Waals surface area contributed by atoms with Gasteiger partial charge in [0.2, 0.25) is 5.76 Å². The lowest BCUT2D eigenvalue weighted by atomic mass is 10.1. The number of hydrogen-bond acceptors (Lipinski definition) is 4. The fraction of sp³-hybridized carbons (Fsp3) is 0.400. The normalized spacial score (nSPS) is 12.7. The Hall–Kier alpha value is -1.85. The summed E-state index contributed by atoms with van der Waals surface area (Å²) >= 11 is 0. The predicted molar refractivity (Wildman–Crippen MR) is 75.7 cm³/mol. The van der Waals surface area contributed by atoms with Gasteiger partial charge >= 0.3 is 5.97 Å². The van der Waals surface area contributed by atoms with Gasteiger partial charge in [0, 0.05) is 24.1 Å². The van der Waals surface area contributed by atoms with Gasteiger partial charge in [-0.25, -0.2) is 4.79 Å². The zero-order valence-corrected chi connectivity index (χ0v) is 11.4. The van der Waals surface area contributed by atoms with E-state index in [1.807, 2.05) is 25.1 Å². The quantitative estimate of drug-likeness (QED) is 0.723. The van der Waals surface area contributed by atoms with Gasteiger partial charge in [0.15, 0.2) is 0 Å². The predicted octanol–water partition coefficient (Wildman–Crippen LogP) is 2.24. The van der Waals surface area contributed by atoms with E-state index in [0.717, 1.165) is 18.4 Å². The highest BCUT2D eigenvalue weighted by molar-refractivity contribution is 5.95. The molecule has 0 aliphatic heterocycles. The van der Waals surface area contributed by atoms with Crippen molar-refractivity contribution in [3.63, 3.8) is 0 Å². The Morgan fingerprint density at radius 1 is 1.40 bits per heavy atom. The van der Waals surface area contributed by atoms with E-state index in [-0.39, 0.29) is 12.4 Å². The third-order valence-electron chi connectivity index (χ3n) is 3.31. The van der Waals surface area contributed by atoms with Crippen molar-refractivity contribution in [2.24, 2.45) is 5.92 Å². The monoisotopic (exact) mass is 277 g/mol. The number of carbonyl (C=O) groups is 1. The van der Waals surface area contributed by atoms with Crippen LogP contribution in [0.5, 0.6) is 0 Å². The summed E-state index contributed by atoms with van der Waals surface area (Å²) in [4.78, 5) is 11.2. The summed E-state index contributed by atoms with van der Waals surface area (Å²) in [7, 11) is 0. The summed E-state index contributed by atoms with van der Waals surface area (Å²) in [6, 6.07) is 7.30. The van der Waals surface area contributed by atoms with Crippen molar-refractivity contribution in [3.8, 4) is 0 Å². The number of carboxylic acid groups (broad SMARTS) is 1. The molecule has 0 bridgehead atoms. The van der Waals surface area contributed by atoms with Crippen LogP contribution in [0, 0.1) is 5.92 Å². The molecule has 0 radical (unpaired) electrons. The number of nitrogens with one attached hydrogen (secondary N) is 1. The SMILES string of the molecule is CC(CCO)CNCc1c(C(=O)O)oc2ccccc12. The summed E-state index contributed by atoms with van der Waals surface area (Å²) < 4.78 is 5.39. The zero-order chi connectivity index (χ0) is 14.5. The minimum absolute atomic E-state index is 0.00601. The molecule has 0 aliphatic carbocycles. The zero-order valence-electron chi connectivity index (χ0n) is 11.4. The lowest BCUT2D eigenvalue weighted by Crippen LogP contribution is -2.22. The number of furan rings is 1. The fourth-order valence-corrected chi connectivity index (χ4v) is 2.21. The highest BCUT2D eigenvalue weighted by atomic mass is 16.4. The molecule has 5 nitrogen and oxygen atoms in total. The van der Waals surface area contributed by atoms with Crippen molar-refractivity contribution in [2.45, 2.75) is 19.9 Å². The molecule has 0 fully saturated rings. The molecule has 0 saturated carbocycles. The number of fused-ring (bicyclic) bond motifs is 1. The van der Waals surface area contributed by atoms with Crippen LogP contribution < -0.4 is 5.32 Å². The Labute approximate surface area is 117 Å². The summed E-state index contributed by atoms with van der Waals surface area (Å²) in [6.07, 6.45) is 0.727. The van der Waals surface area contributed by atoms with E-state index in [4.69, 9.17) is 9.52 Å². The first-order valence-corrected chi connectivity index (χ1v) is 6.68. The van der Waals surface area contributed by atoms with Crippen LogP contribution >= 0.6 is 0 Å². The molecule has 2 rings (SSSR count). The van der Waals surface area contributed by atoms with Crippen molar-refractivity contribution in [2.75, 3.05) is 13.2 Å². The van der Waals surface area contributed by atoms with Crippen molar-refractivity contribution >= 4 is 16.9 Å². The molecule has 20 heavy (non-hydrogen) atoms. The third kappa shape index (κ3) is 3.18. The van der Waals surface area contributed by atoms with Gasteiger partial charge in [-0.15, -0.1) is 0 Å². The van der Waals surface area contributed by atoms with Crippen molar-refractivity contribution in [1.29, 1.82) is 0 Å². The molecular weight excluding hydrogens is 258 g/mol. The van der Waals surface area contributed by atoms with Crippen LogP contribution in [0.1, 0.15) is 29.5 Å². The smallest absolute Gasteiger partial charge is 0.372 e. The highest BCUT2D eigenvalue weighted by Gasteiger charge is 2.19. The number of aromatic carboxylic acids is 1. The molecule has 0 saturated heterocycles. The Balaban J connectivity index is 2.15. The molecular formula is C15H19NO4. The van der Waals surface area contributed by atoms with Crippen LogP contribution in [0.15, 0.2) is 28.7 Å². The molecule has 5 heteroatoms. The number of aliphatic hydroxyl groups is 1. The van der Waals surface area contributed by atoms with E-state index >= 15 is 0 Å². The first kappa shape index (κ1) is 14.6. The molecule has 1 unspecified atom stereocenters. The van der Waals surface area contributed by atoms with E-state index in [9.17, 15) is 9.90 Å². The van der Waals surface area contributed by atoms with Crippen molar-refractivity contribution < 1.29 is 19.4 Å². The third-order valence-corrected chi connectivity index (χ3v) is 3.31. The van der Waals surface area contributed by atoms with Gasteiger partial charge in [0.1, 0.15) is 5.58 Å². The largest absolute Gasteiger partial charge is 0.475 e. The van der Waals surface area contributed by atoms with Crippen LogP contribution in [0.2, 0.25) is 0 Å². The van der Waals surface area contributed by atoms with Crippen LogP contribution in [-0.4, -0.2) is 29.3 Å². The van der Waals surface area contributed by atoms with E-state index in [1.54, 1.807) is 6.07 Å². The molecule has 1 aromatic carbocycles. The second kappa shape index (κ2) is 6.54. The molecule has 3 N–H and O–H groups in total. The highest BCUT2D eigenvalue weighted by Crippen LogP contribution is 2.25. The maximum Gasteiger partial charge on any atom is 0.372 e. The summed E-state index contributed by atoms with van der Waals surface area (Å²) in [5.41, 5.74) is 1.26. The molecule has 2 aromatic rings. The van der Waals surface area contributed by atoms with Gasteiger partial charge in [-0.2, -0.15) is 0 Å². The Bertz CT molecular complexity index is 591. The Morgan fingerprint density at radius 3 is 2.85 bits per heavy atom. The Morgan fingerprint density at radius 2 is 2.15 bits per heavy atom. The fourth-order valence-electron chi connectivity index (χ4n) is 2.21. The van der Waals surface area contributed by atoms with Gasteiger partial charge < -0.3 is 19.9 Å². The van der Waals surface area contributed by atoms with Gasteiger partial charge in [0.25, 0.3) is 0 Å².